The van der Waals surface area contributed by atoms with Gasteiger partial charge in [-0.25, -0.2) is 0 Å². The summed E-state index contributed by atoms with van der Waals surface area (Å²) in [6.07, 6.45) is 3.95. The predicted molar refractivity (Wildman–Crippen MR) is 171 cm³/mol. The third kappa shape index (κ3) is 7.05. The van der Waals surface area contributed by atoms with E-state index >= 15 is 0 Å². The van der Waals surface area contributed by atoms with Crippen molar-refractivity contribution in [2.45, 2.75) is 52.5 Å². The number of rotatable bonds is 8. The van der Waals surface area contributed by atoms with Crippen molar-refractivity contribution < 1.29 is 14.4 Å². The maximum atomic E-state index is 13.1. The molecule has 3 amide bonds. The van der Waals surface area contributed by atoms with Gasteiger partial charge in [0.25, 0.3) is 5.91 Å². The Morgan fingerprint density at radius 3 is 2.43 bits per heavy atom. The zero-order valence-electron chi connectivity index (χ0n) is 25.7. The maximum Gasteiger partial charge on any atom is 0.270 e. The van der Waals surface area contributed by atoms with E-state index in [0.29, 0.717) is 19.5 Å². The minimum Gasteiger partial charge on any atom is -0.357 e. The molecular formula is C35H39N5O4. The number of H-pyrrole nitrogens is 1. The van der Waals surface area contributed by atoms with Crippen LogP contribution >= 0.6 is 0 Å². The number of likely N-dealkylation sites (tertiary alicyclic amines) is 1. The zero-order valence-corrected chi connectivity index (χ0v) is 25.7. The second kappa shape index (κ2) is 13.2. The van der Waals surface area contributed by atoms with Crippen LogP contribution in [0, 0.1) is 26.7 Å². The number of nitrogens with zero attached hydrogens (tertiary/aromatic N) is 2. The van der Waals surface area contributed by atoms with Crippen LogP contribution in [0.5, 0.6) is 0 Å². The molecule has 1 saturated heterocycles. The highest BCUT2D eigenvalue weighted by molar-refractivity contribution is 5.96. The number of amides is 3. The highest BCUT2D eigenvalue weighted by Gasteiger charge is 2.29. The maximum absolute atomic E-state index is 13.1. The fourth-order valence-corrected chi connectivity index (χ4v) is 6.08. The van der Waals surface area contributed by atoms with Gasteiger partial charge in [0.2, 0.25) is 17.4 Å². The third-order valence-electron chi connectivity index (χ3n) is 8.56. The van der Waals surface area contributed by atoms with Crippen LogP contribution in [0.15, 0.2) is 65.6 Å². The summed E-state index contributed by atoms with van der Waals surface area (Å²) in [6.45, 7) is 7.18. The Kier molecular flexibility index (Phi) is 9.23. The molecule has 9 nitrogen and oxygen atoms in total. The molecule has 0 spiro atoms. The molecule has 5 rings (SSSR count). The molecule has 0 bridgehead atoms. The molecule has 1 aliphatic rings. The van der Waals surface area contributed by atoms with Gasteiger partial charge in [-0.05, 0) is 86.4 Å². The summed E-state index contributed by atoms with van der Waals surface area (Å²) in [7, 11) is 1.56. The van der Waals surface area contributed by atoms with Crippen LogP contribution in [0.2, 0.25) is 0 Å². The molecule has 1 atom stereocenters. The van der Waals surface area contributed by atoms with E-state index in [4.69, 9.17) is 0 Å². The van der Waals surface area contributed by atoms with E-state index in [9.17, 15) is 19.2 Å². The fourth-order valence-electron chi connectivity index (χ4n) is 6.08. The van der Waals surface area contributed by atoms with E-state index in [1.165, 1.54) is 5.56 Å². The Morgan fingerprint density at radius 1 is 0.977 bits per heavy atom. The number of hydrogen-bond donors (Lipinski definition) is 3. The molecular weight excluding hydrogens is 554 g/mol. The summed E-state index contributed by atoms with van der Waals surface area (Å²) in [5.74, 6) is -0.414. The molecule has 2 aromatic carbocycles. The first-order chi connectivity index (χ1) is 21.1. The van der Waals surface area contributed by atoms with E-state index in [-0.39, 0.29) is 35.4 Å². The number of hydrogen-bond acceptors (Lipinski definition) is 5. The van der Waals surface area contributed by atoms with Gasteiger partial charge in [0.1, 0.15) is 11.7 Å². The van der Waals surface area contributed by atoms with Crippen molar-refractivity contribution in [3.05, 3.63) is 99.1 Å². The number of aryl methyl sites for hydroxylation is 3. The molecule has 44 heavy (non-hydrogen) atoms. The highest BCUT2D eigenvalue weighted by Crippen LogP contribution is 2.25. The number of piperidine rings is 1. The number of aromatic amines is 1. The van der Waals surface area contributed by atoms with E-state index in [1.807, 2.05) is 56.0 Å². The molecule has 3 heterocycles. The van der Waals surface area contributed by atoms with Crippen molar-refractivity contribution in [3.63, 3.8) is 0 Å². The van der Waals surface area contributed by atoms with Crippen LogP contribution in [0.3, 0.4) is 0 Å². The van der Waals surface area contributed by atoms with Gasteiger partial charge in [-0.15, -0.1) is 0 Å². The molecule has 3 N–H and O–H groups in total. The molecule has 9 heteroatoms. The minimum absolute atomic E-state index is 0.0522. The van der Waals surface area contributed by atoms with Crippen molar-refractivity contribution >= 4 is 28.6 Å². The minimum atomic E-state index is -0.701. The Morgan fingerprint density at radius 2 is 1.75 bits per heavy atom. The quantitative estimate of drug-likeness (QED) is 0.282. The average Bonchev–Trinajstić information content (AvgIpc) is 3.01. The van der Waals surface area contributed by atoms with Crippen LogP contribution < -0.4 is 16.2 Å². The van der Waals surface area contributed by atoms with E-state index in [0.717, 1.165) is 51.6 Å². The van der Waals surface area contributed by atoms with Gasteiger partial charge in [-0.1, -0.05) is 35.9 Å². The molecule has 0 unspecified atom stereocenters. The van der Waals surface area contributed by atoms with Crippen molar-refractivity contribution in [2.24, 2.45) is 5.92 Å². The Balaban J connectivity index is 1.16. The lowest BCUT2D eigenvalue weighted by Crippen LogP contribution is -2.48. The van der Waals surface area contributed by atoms with Crippen LogP contribution in [-0.4, -0.2) is 58.8 Å². The van der Waals surface area contributed by atoms with Crippen molar-refractivity contribution in [3.8, 4) is 11.1 Å². The van der Waals surface area contributed by atoms with Gasteiger partial charge < -0.3 is 20.5 Å². The lowest BCUT2D eigenvalue weighted by molar-refractivity contribution is -0.132. The van der Waals surface area contributed by atoms with Crippen LogP contribution in [0.1, 0.15) is 52.0 Å². The average molecular weight is 594 g/mol. The summed E-state index contributed by atoms with van der Waals surface area (Å²) in [6, 6.07) is 16.3. The van der Waals surface area contributed by atoms with Crippen LogP contribution in [0.4, 0.5) is 0 Å². The topological polar surface area (TPSA) is 124 Å². The molecule has 2 aromatic heterocycles. The van der Waals surface area contributed by atoms with Gasteiger partial charge in [-0.3, -0.25) is 24.2 Å². The number of nitrogens with one attached hydrogen (secondary N) is 3. The molecule has 1 aliphatic heterocycles. The fraction of sp³-hybridized carbons (Fsp3) is 0.343. The lowest BCUT2D eigenvalue weighted by Gasteiger charge is -2.33. The summed E-state index contributed by atoms with van der Waals surface area (Å²) in [5, 5.41) is 6.48. The second-order valence-electron chi connectivity index (χ2n) is 11.8. The van der Waals surface area contributed by atoms with Gasteiger partial charge in [0, 0.05) is 48.9 Å². The van der Waals surface area contributed by atoms with Crippen molar-refractivity contribution in [2.75, 3.05) is 20.1 Å². The Hall–Kier alpha value is -4.79. The normalized spacial score (nSPS) is 14.3. The standard InChI is InChI=1S/C35H39N5O4/c1-21-5-8-27(22(2)15-21)26-7-10-30(37-20-26)35(44)39-31(34(43)36-4)18-24-11-13-40(14-12-24)33(42)19-25-6-9-29-28(17-25)23(3)16-32(41)38-29/h5-10,15-17,20,24,31H,11-14,18-19H2,1-4H3,(H,36,43)(H,38,41)(H,39,44)/t31-/m1/s1. The highest BCUT2D eigenvalue weighted by atomic mass is 16.2. The molecule has 0 saturated carbocycles. The largest absolute Gasteiger partial charge is 0.357 e. The summed E-state index contributed by atoms with van der Waals surface area (Å²) >= 11 is 0. The van der Waals surface area contributed by atoms with Gasteiger partial charge in [0.15, 0.2) is 0 Å². The Bertz CT molecular complexity index is 1750. The smallest absolute Gasteiger partial charge is 0.270 e. The first-order valence-electron chi connectivity index (χ1n) is 15.1. The molecule has 0 aliphatic carbocycles. The van der Waals surface area contributed by atoms with Crippen molar-refractivity contribution in [1.29, 1.82) is 0 Å². The van der Waals surface area contributed by atoms with E-state index < -0.39 is 11.9 Å². The third-order valence-corrected chi connectivity index (χ3v) is 8.56. The monoisotopic (exact) mass is 593 g/mol. The van der Waals surface area contributed by atoms with E-state index in [2.05, 4.69) is 32.7 Å². The number of carbonyl (C=O) groups is 3. The summed E-state index contributed by atoms with van der Waals surface area (Å²) in [4.78, 5) is 59.8. The Labute approximate surface area is 257 Å². The van der Waals surface area contributed by atoms with Gasteiger partial charge in [0.05, 0.1) is 6.42 Å². The molecule has 4 aromatic rings. The van der Waals surface area contributed by atoms with E-state index in [1.54, 1.807) is 25.4 Å². The molecule has 0 radical (unpaired) electrons. The first kappa shape index (κ1) is 30.7. The predicted octanol–water partition coefficient (Wildman–Crippen LogP) is 4.23. The van der Waals surface area contributed by atoms with Crippen LogP contribution in [-0.2, 0) is 16.0 Å². The summed E-state index contributed by atoms with van der Waals surface area (Å²) in [5.41, 5.74) is 6.96. The second-order valence-corrected chi connectivity index (χ2v) is 11.8. The number of pyridine rings is 2. The molecule has 1 fully saturated rings. The van der Waals surface area contributed by atoms with Gasteiger partial charge >= 0.3 is 0 Å². The van der Waals surface area contributed by atoms with Gasteiger partial charge in [-0.2, -0.15) is 0 Å². The lowest BCUT2D eigenvalue weighted by atomic mass is 9.89. The number of aromatic nitrogens is 2. The summed E-state index contributed by atoms with van der Waals surface area (Å²) < 4.78 is 0. The zero-order chi connectivity index (χ0) is 31.4. The first-order valence-corrected chi connectivity index (χ1v) is 15.1. The van der Waals surface area contributed by atoms with Crippen LogP contribution in [0.25, 0.3) is 22.0 Å². The van der Waals surface area contributed by atoms with Crippen molar-refractivity contribution in [1.82, 2.24) is 25.5 Å². The number of benzene rings is 2. The molecule has 228 valence electrons. The SMILES string of the molecule is CNC(=O)[C@@H](CC1CCN(C(=O)Cc2ccc3[nH]c(=O)cc(C)c3c2)CC1)NC(=O)c1ccc(-c2ccc(C)cc2C)cn1. The number of carbonyl (C=O) groups excluding carboxylic acids is 3. The number of fused-ring (bicyclic) bond motifs is 1. The number of likely N-dealkylation sites (N-methyl/N-ethyl adjacent to an activating group) is 1.